The number of para-hydroxylation sites is 1. The van der Waals surface area contributed by atoms with Crippen molar-refractivity contribution >= 4 is 26.9 Å². The Morgan fingerprint density at radius 3 is 2.81 bits per heavy atom. The van der Waals surface area contributed by atoms with Gasteiger partial charge in [0.1, 0.15) is 11.3 Å². The van der Waals surface area contributed by atoms with Gasteiger partial charge in [0.2, 0.25) is 0 Å². The van der Waals surface area contributed by atoms with E-state index in [0.717, 1.165) is 24.2 Å². The summed E-state index contributed by atoms with van der Waals surface area (Å²) in [6.45, 7) is 2.22. The van der Waals surface area contributed by atoms with Crippen molar-refractivity contribution in [3.05, 3.63) is 36.1 Å². The van der Waals surface area contributed by atoms with E-state index in [0.29, 0.717) is 4.83 Å². The Labute approximate surface area is 105 Å². The van der Waals surface area contributed by atoms with E-state index in [1.807, 2.05) is 18.2 Å². The quantitative estimate of drug-likeness (QED) is 0.708. The molecule has 1 nitrogen and oxygen atoms in total. The van der Waals surface area contributed by atoms with Gasteiger partial charge in [0, 0.05) is 16.6 Å². The first-order chi connectivity index (χ1) is 7.79. The molecule has 0 N–H and O–H groups in total. The minimum Gasteiger partial charge on any atom is -0.461 e. The largest absolute Gasteiger partial charge is 0.461 e. The maximum Gasteiger partial charge on any atom is 0.134 e. The van der Waals surface area contributed by atoms with Gasteiger partial charge in [-0.15, -0.1) is 0 Å². The molecular weight excluding hydrogens is 264 g/mol. The smallest absolute Gasteiger partial charge is 0.134 e. The second-order valence-corrected chi connectivity index (χ2v) is 5.47. The highest BCUT2D eigenvalue weighted by atomic mass is 79.9. The van der Waals surface area contributed by atoms with Crippen LogP contribution < -0.4 is 0 Å². The third kappa shape index (κ3) is 2.88. The maximum atomic E-state index is 5.78. The fourth-order valence-corrected chi connectivity index (χ4v) is 2.60. The van der Waals surface area contributed by atoms with Crippen LogP contribution >= 0.6 is 15.9 Å². The third-order valence-corrected chi connectivity index (χ3v) is 3.70. The zero-order valence-corrected chi connectivity index (χ0v) is 11.2. The lowest BCUT2D eigenvalue weighted by molar-refractivity contribution is 0.532. The number of rotatable bonds is 5. The fraction of sp³-hybridized carbons (Fsp3) is 0.429. The van der Waals surface area contributed by atoms with Gasteiger partial charge in [-0.1, -0.05) is 47.5 Å². The Bertz CT molecular complexity index is 414. The van der Waals surface area contributed by atoms with Crippen LogP contribution in [0, 0.1) is 0 Å². The molecule has 1 heterocycles. The normalized spacial score (nSPS) is 13.1. The van der Waals surface area contributed by atoms with Crippen molar-refractivity contribution in [2.75, 3.05) is 0 Å². The number of alkyl halides is 1. The van der Waals surface area contributed by atoms with Gasteiger partial charge in [0.05, 0.1) is 0 Å². The molecule has 0 fully saturated rings. The third-order valence-electron chi connectivity index (χ3n) is 2.78. The van der Waals surface area contributed by atoms with Crippen molar-refractivity contribution in [1.29, 1.82) is 0 Å². The molecule has 0 saturated carbocycles. The van der Waals surface area contributed by atoms with Crippen molar-refractivity contribution in [3.63, 3.8) is 0 Å². The van der Waals surface area contributed by atoms with Crippen LogP contribution in [-0.4, -0.2) is 4.83 Å². The maximum absolute atomic E-state index is 5.78. The van der Waals surface area contributed by atoms with E-state index in [1.54, 1.807) is 0 Å². The van der Waals surface area contributed by atoms with Crippen LogP contribution in [0.4, 0.5) is 0 Å². The molecule has 16 heavy (non-hydrogen) atoms. The molecule has 0 aliphatic carbocycles. The summed E-state index contributed by atoms with van der Waals surface area (Å²) in [7, 11) is 0. The van der Waals surface area contributed by atoms with Crippen molar-refractivity contribution < 1.29 is 4.42 Å². The summed E-state index contributed by atoms with van der Waals surface area (Å²) >= 11 is 3.70. The van der Waals surface area contributed by atoms with E-state index in [2.05, 4.69) is 35.0 Å². The molecule has 2 aromatic rings. The number of benzene rings is 1. The SMILES string of the molecule is CCCC(Br)CCc1cc2ccccc2o1. The molecule has 0 spiro atoms. The average Bonchev–Trinajstić information content (AvgIpc) is 2.69. The van der Waals surface area contributed by atoms with Gasteiger partial charge in [-0.05, 0) is 25.0 Å². The van der Waals surface area contributed by atoms with Crippen LogP contribution in [0.5, 0.6) is 0 Å². The van der Waals surface area contributed by atoms with E-state index in [1.165, 1.54) is 18.2 Å². The van der Waals surface area contributed by atoms with Crippen LogP contribution in [0.15, 0.2) is 34.7 Å². The van der Waals surface area contributed by atoms with Gasteiger partial charge in [-0.25, -0.2) is 0 Å². The van der Waals surface area contributed by atoms with Gasteiger partial charge in [0.25, 0.3) is 0 Å². The molecule has 0 aliphatic rings. The summed E-state index contributed by atoms with van der Waals surface area (Å²) in [6, 6.07) is 10.3. The Morgan fingerprint density at radius 1 is 1.25 bits per heavy atom. The molecule has 1 aromatic carbocycles. The van der Waals surface area contributed by atoms with Crippen LogP contribution in [-0.2, 0) is 6.42 Å². The number of hydrogen-bond donors (Lipinski definition) is 0. The summed E-state index contributed by atoms with van der Waals surface area (Å²) < 4.78 is 5.78. The Hall–Kier alpha value is -0.760. The van der Waals surface area contributed by atoms with Crippen LogP contribution in [0.3, 0.4) is 0 Å². The molecule has 2 rings (SSSR count). The first kappa shape index (κ1) is 11.7. The first-order valence-electron chi connectivity index (χ1n) is 5.91. The molecule has 0 saturated heterocycles. The molecule has 86 valence electrons. The van der Waals surface area contributed by atoms with Gasteiger partial charge in [-0.3, -0.25) is 0 Å². The fourth-order valence-electron chi connectivity index (χ4n) is 1.92. The van der Waals surface area contributed by atoms with Crippen molar-refractivity contribution in [3.8, 4) is 0 Å². The molecular formula is C14H17BrO. The standard InChI is InChI=1S/C14H17BrO/c1-2-5-12(15)8-9-13-10-11-6-3-4-7-14(11)16-13/h3-4,6-7,10,12H,2,5,8-9H2,1H3. The van der Waals surface area contributed by atoms with Crippen molar-refractivity contribution in [2.45, 2.75) is 37.4 Å². The molecule has 1 unspecified atom stereocenters. The molecule has 1 aromatic heterocycles. The zero-order chi connectivity index (χ0) is 11.4. The van der Waals surface area contributed by atoms with Crippen molar-refractivity contribution in [1.82, 2.24) is 0 Å². The second-order valence-electron chi connectivity index (χ2n) is 4.18. The van der Waals surface area contributed by atoms with Crippen LogP contribution in [0.2, 0.25) is 0 Å². The van der Waals surface area contributed by atoms with E-state index >= 15 is 0 Å². The number of hydrogen-bond acceptors (Lipinski definition) is 1. The molecule has 0 radical (unpaired) electrons. The lowest BCUT2D eigenvalue weighted by Crippen LogP contribution is -1.98. The Morgan fingerprint density at radius 2 is 2.06 bits per heavy atom. The van der Waals surface area contributed by atoms with Gasteiger partial charge in [0.15, 0.2) is 0 Å². The number of furan rings is 1. The summed E-state index contributed by atoms with van der Waals surface area (Å²) in [4.78, 5) is 0.616. The minimum atomic E-state index is 0.616. The van der Waals surface area contributed by atoms with Gasteiger partial charge in [-0.2, -0.15) is 0 Å². The van der Waals surface area contributed by atoms with E-state index < -0.39 is 0 Å². The molecule has 0 bridgehead atoms. The topological polar surface area (TPSA) is 13.1 Å². The lowest BCUT2D eigenvalue weighted by atomic mass is 10.1. The number of fused-ring (bicyclic) bond motifs is 1. The summed E-state index contributed by atoms with van der Waals surface area (Å²) in [6.07, 6.45) is 4.63. The average molecular weight is 281 g/mol. The highest BCUT2D eigenvalue weighted by Crippen LogP contribution is 2.22. The number of aryl methyl sites for hydroxylation is 1. The first-order valence-corrected chi connectivity index (χ1v) is 6.82. The minimum absolute atomic E-state index is 0.616. The zero-order valence-electron chi connectivity index (χ0n) is 9.58. The molecule has 1 atom stereocenters. The van der Waals surface area contributed by atoms with E-state index in [-0.39, 0.29) is 0 Å². The Kier molecular flexibility index (Phi) is 4.05. The van der Waals surface area contributed by atoms with E-state index in [4.69, 9.17) is 4.42 Å². The Balaban J connectivity index is 1.99. The van der Waals surface area contributed by atoms with Crippen LogP contribution in [0.1, 0.15) is 31.9 Å². The monoisotopic (exact) mass is 280 g/mol. The number of halogens is 1. The summed E-state index contributed by atoms with van der Waals surface area (Å²) in [5, 5.41) is 1.21. The molecule has 0 amide bonds. The van der Waals surface area contributed by atoms with Gasteiger partial charge < -0.3 is 4.42 Å². The summed E-state index contributed by atoms with van der Waals surface area (Å²) in [5.74, 6) is 1.10. The van der Waals surface area contributed by atoms with Crippen LogP contribution in [0.25, 0.3) is 11.0 Å². The predicted molar refractivity (Wildman–Crippen MR) is 72.2 cm³/mol. The highest BCUT2D eigenvalue weighted by Gasteiger charge is 2.06. The second kappa shape index (κ2) is 5.53. The molecule has 2 heteroatoms. The highest BCUT2D eigenvalue weighted by molar-refractivity contribution is 9.09. The van der Waals surface area contributed by atoms with E-state index in [9.17, 15) is 0 Å². The lowest BCUT2D eigenvalue weighted by Gasteiger charge is -2.05. The van der Waals surface area contributed by atoms with Crippen molar-refractivity contribution in [2.24, 2.45) is 0 Å². The molecule has 0 aliphatic heterocycles. The predicted octanol–water partition coefficient (Wildman–Crippen LogP) is 4.93. The summed E-state index contributed by atoms with van der Waals surface area (Å²) in [5.41, 5.74) is 0.999. The van der Waals surface area contributed by atoms with Gasteiger partial charge >= 0.3 is 0 Å².